The first-order chi connectivity index (χ1) is 6.43. The lowest BCUT2D eigenvalue weighted by Crippen LogP contribution is -1.92. The van der Waals surface area contributed by atoms with Crippen LogP contribution in [0.25, 0.3) is 0 Å². The summed E-state index contributed by atoms with van der Waals surface area (Å²) in [7, 11) is 3.16. The van der Waals surface area contributed by atoms with E-state index >= 15 is 0 Å². The van der Waals surface area contributed by atoms with E-state index in [4.69, 9.17) is 0 Å². The molecule has 1 radical (unpaired) electrons. The maximum Gasteiger partial charge on any atom is 0.417 e. The number of hydrogen-bond donors (Lipinski definition) is 0. The van der Waals surface area contributed by atoms with Crippen molar-refractivity contribution in [3.63, 3.8) is 0 Å². The molecule has 0 aliphatic carbocycles. The standard InChI is InChI=1S/C8H8NO2S2/c10-7-11-5-6-12-13-8-3-1-2-4-9-8/h1-4H,5-6H2. The Morgan fingerprint density at radius 3 is 3.15 bits per heavy atom. The van der Waals surface area contributed by atoms with Gasteiger partial charge in [0, 0.05) is 11.9 Å². The van der Waals surface area contributed by atoms with Crippen LogP contribution in [0.1, 0.15) is 0 Å². The van der Waals surface area contributed by atoms with Crippen LogP contribution in [0.4, 0.5) is 0 Å². The molecule has 0 aliphatic heterocycles. The maximum absolute atomic E-state index is 9.66. The molecule has 0 spiro atoms. The van der Waals surface area contributed by atoms with Crippen LogP contribution in [0.3, 0.4) is 0 Å². The Morgan fingerprint density at radius 2 is 2.46 bits per heavy atom. The van der Waals surface area contributed by atoms with Gasteiger partial charge >= 0.3 is 6.47 Å². The monoisotopic (exact) mass is 214 g/mol. The first-order valence-electron chi connectivity index (χ1n) is 3.63. The topological polar surface area (TPSA) is 39.2 Å². The van der Waals surface area contributed by atoms with E-state index in [1.165, 1.54) is 6.47 Å². The van der Waals surface area contributed by atoms with Crippen molar-refractivity contribution in [2.45, 2.75) is 5.03 Å². The molecule has 1 aromatic heterocycles. The lowest BCUT2D eigenvalue weighted by Gasteiger charge is -1.98. The SMILES string of the molecule is O=[C]OCCSSc1ccccn1. The highest BCUT2D eigenvalue weighted by Crippen LogP contribution is 2.28. The summed E-state index contributed by atoms with van der Waals surface area (Å²) in [5.74, 6) is 0.747. The van der Waals surface area contributed by atoms with Crippen LogP contribution in [0, 0.1) is 0 Å². The van der Waals surface area contributed by atoms with Gasteiger partial charge in [0.25, 0.3) is 0 Å². The third kappa shape index (κ3) is 4.80. The number of ether oxygens (including phenoxy) is 1. The largest absolute Gasteiger partial charge is 0.456 e. The quantitative estimate of drug-likeness (QED) is 0.534. The fourth-order valence-electron chi connectivity index (χ4n) is 0.616. The highest BCUT2D eigenvalue weighted by atomic mass is 33.1. The van der Waals surface area contributed by atoms with Crippen molar-refractivity contribution in [2.75, 3.05) is 12.4 Å². The van der Waals surface area contributed by atoms with E-state index in [9.17, 15) is 4.79 Å². The van der Waals surface area contributed by atoms with Crippen molar-refractivity contribution >= 4 is 28.1 Å². The molecule has 69 valence electrons. The summed E-state index contributed by atoms with van der Waals surface area (Å²) in [6.45, 7) is 1.77. The average molecular weight is 214 g/mol. The minimum Gasteiger partial charge on any atom is -0.456 e. The van der Waals surface area contributed by atoms with Crippen molar-refractivity contribution < 1.29 is 9.53 Å². The minimum absolute atomic E-state index is 0.397. The molecule has 3 nitrogen and oxygen atoms in total. The molecule has 0 aliphatic rings. The third-order valence-electron chi connectivity index (χ3n) is 1.11. The third-order valence-corrected chi connectivity index (χ3v) is 3.34. The number of nitrogens with zero attached hydrogens (tertiary/aromatic N) is 1. The van der Waals surface area contributed by atoms with Gasteiger partial charge in [-0.2, -0.15) is 0 Å². The van der Waals surface area contributed by atoms with E-state index in [2.05, 4.69) is 9.72 Å². The molecule has 0 saturated carbocycles. The van der Waals surface area contributed by atoms with Gasteiger partial charge in [-0.15, -0.1) is 0 Å². The lowest BCUT2D eigenvalue weighted by atomic mass is 10.5. The molecule has 1 rings (SSSR count). The molecule has 0 fully saturated rings. The molecular formula is C8H8NO2S2. The summed E-state index contributed by atoms with van der Waals surface area (Å²) in [6, 6.07) is 5.75. The summed E-state index contributed by atoms with van der Waals surface area (Å²) in [5, 5.41) is 0.961. The molecule has 5 heteroatoms. The molecule has 0 atom stereocenters. The molecule has 0 aromatic carbocycles. The summed E-state index contributed by atoms with van der Waals surface area (Å²) in [5.41, 5.74) is 0. The van der Waals surface area contributed by atoms with Gasteiger partial charge in [0.2, 0.25) is 0 Å². The molecule has 1 heterocycles. The number of aromatic nitrogens is 1. The fraction of sp³-hybridized carbons (Fsp3) is 0.250. The molecule has 0 amide bonds. The summed E-state index contributed by atoms with van der Waals surface area (Å²) >= 11 is 0. The molecule has 0 N–H and O–H groups in total. The van der Waals surface area contributed by atoms with Crippen LogP contribution in [0.15, 0.2) is 29.4 Å². The molecule has 0 bridgehead atoms. The van der Waals surface area contributed by atoms with E-state index in [1.54, 1.807) is 27.8 Å². The van der Waals surface area contributed by atoms with Gasteiger partial charge in [0.1, 0.15) is 11.6 Å². The number of hydrogen-bond acceptors (Lipinski definition) is 5. The van der Waals surface area contributed by atoms with Gasteiger partial charge in [0.15, 0.2) is 0 Å². The van der Waals surface area contributed by atoms with E-state index in [-0.39, 0.29) is 0 Å². The van der Waals surface area contributed by atoms with E-state index in [0.717, 1.165) is 10.8 Å². The second-order valence-corrected chi connectivity index (χ2v) is 4.44. The zero-order valence-corrected chi connectivity index (χ0v) is 8.44. The number of carbonyl (C=O) groups excluding carboxylic acids is 1. The van der Waals surface area contributed by atoms with Crippen LogP contribution in [0.5, 0.6) is 0 Å². The lowest BCUT2D eigenvalue weighted by molar-refractivity contribution is 0.299. The normalized spacial score (nSPS) is 9.54. The first-order valence-corrected chi connectivity index (χ1v) is 5.95. The second-order valence-electron chi connectivity index (χ2n) is 2.01. The minimum atomic E-state index is 0.397. The zero-order chi connectivity index (χ0) is 9.36. The van der Waals surface area contributed by atoms with E-state index in [1.807, 2.05) is 18.2 Å². The highest BCUT2D eigenvalue weighted by molar-refractivity contribution is 8.76. The summed E-state index contributed by atoms with van der Waals surface area (Å²) in [4.78, 5) is 13.8. The Labute approximate surface area is 84.7 Å². The molecule has 1 aromatic rings. The molecule has 0 unspecified atom stereocenters. The maximum atomic E-state index is 9.66. The Balaban J connectivity index is 2.10. The van der Waals surface area contributed by atoms with E-state index < -0.39 is 0 Å². The Morgan fingerprint density at radius 1 is 1.54 bits per heavy atom. The first kappa shape index (κ1) is 10.4. The van der Waals surface area contributed by atoms with Gasteiger partial charge in [-0.05, 0) is 22.9 Å². The smallest absolute Gasteiger partial charge is 0.417 e. The fourth-order valence-corrected chi connectivity index (χ4v) is 2.32. The molecular weight excluding hydrogens is 206 g/mol. The van der Waals surface area contributed by atoms with Gasteiger partial charge < -0.3 is 4.74 Å². The van der Waals surface area contributed by atoms with Crippen LogP contribution < -0.4 is 0 Å². The highest BCUT2D eigenvalue weighted by Gasteiger charge is 1.94. The van der Waals surface area contributed by atoms with Gasteiger partial charge in [-0.1, -0.05) is 16.9 Å². The second kappa shape index (κ2) is 6.80. The molecule has 0 saturated heterocycles. The average Bonchev–Trinajstić information content (AvgIpc) is 2.19. The van der Waals surface area contributed by atoms with Gasteiger partial charge in [0.05, 0.1) is 0 Å². The van der Waals surface area contributed by atoms with Crippen LogP contribution in [-0.4, -0.2) is 23.8 Å². The molecule has 13 heavy (non-hydrogen) atoms. The van der Waals surface area contributed by atoms with Crippen LogP contribution >= 0.6 is 21.6 Å². The Hall–Kier alpha value is -0.680. The number of pyridine rings is 1. The predicted molar refractivity (Wildman–Crippen MR) is 54.2 cm³/mol. The zero-order valence-electron chi connectivity index (χ0n) is 6.80. The van der Waals surface area contributed by atoms with Crippen LogP contribution in [-0.2, 0) is 9.53 Å². The summed E-state index contributed by atoms with van der Waals surface area (Å²) < 4.78 is 4.41. The van der Waals surface area contributed by atoms with Crippen molar-refractivity contribution in [3.8, 4) is 0 Å². The van der Waals surface area contributed by atoms with Gasteiger partial charge in [-0.3, -0.25) is 0 Å². The van der Waals surface area contributed by atoms with Crippen LogP contribution in [0.2, 0.25) is 0 Å². The van der Waals surface area contributed by atoms with Crippen molar-refractivity contribution in [1.82, 2.24) is 4.98 Å². The summed E-state index contributed by atoms with van der Waals surface area (Å²) in [6.07, 6.45) is 1.75. The van der Waals surface area contributed by atoms with Crippen molar-refractivity contribution in [2.24, 2.45) is 0 Å². The van der Waals surface area contributed by atoms with Gasteiger partial charge in [-0.25, -0.2) is 9.78 Å². The van der Waals surface area contributed by atoms with Crippen molar-refractivity contribution in [3.05, 3.63) is 24.4 Å². The predicted octanol–water partition coefficient (Wildman–Crippen LogP) is 1.91. The Bertz CT molecular complexity index is 243. The number of rotatable bonds is 6. The Kier molecular flexibility index (Phi) is 5.44. The van der Waals surface area contributed by atoms with E-state index in [0.29, 0.717) is 6.61 Å². The van der Waals surface area contributed by atoms with Crippen molar-refractivity contribution in [1.29, 1.82) is 0 Å².